The molecule has 120 valence electrons. The lowest BCUT2D eigenvalue weighted by Gasteiger charge is -2.29. The summed E-state index contributed by atoms with van der Waals surface area (Å²) in [4.78, 5) is 27.0. The van der Waals surface area contributed by atoms with Crippen LogP contribution in [-0.2, 0) is 9.59 Å². The van der Waals surface area contributed by atoms with Crippen molar-refractivity contribution in [2.45, 2.75) is 18.9 Å². The number of amides is 2. The Morgan fingerprint density at radius 1 is 1.26 bits per heavy atom. The Bertz CT molecular complexity index is 716. The molecule has 1 heterocycles. The van der Waals surface area contributed by atoms with Crippen LogP contribution in [0, 0.1) is 0 Å². The minimum absolute atomic E-state index is 0.0410. The van der Waals surface area contributed by atoms with Gasteiger partial charge in [-0.3, -0.25) is 9.59 Å². The Morgan fingerprint density at radius 3 is 2.78 bits per heavy atom. The number of nitrogens with two attached hydrogens (primary N) is 1. The summed E-state index contributed by atoms with van der Waals surface area (Å²) in [6.45, 7) is 1.21. The molecular formula is C18H21N3O2. The van der Waals surface area contributed by atoms with Crippen LogP contribution in [0.2, 0.25) is 0 Å². The summed E-state index contributed by atoms with van der Waals surface area (Å²) in [5.74, 6) is -0.127. The lowest BCUT2D eigenvalue weighted by molar-refractivity contribution is -0.120. The zero-order valence-corrected chi connectivity index (χ0v) is 13.0. The molecule has 0 aliphatic carbocycles. The Balaban J connectivity index is 1.91. The molecule has 1 atom stereocenters. The Kier molecular flexibility index (Phi) is 4.57. The topological polar surface area (TPSA) is 66.6 Å². The van der Waals surface area contributed by atoms with Crippen LogP contribution in [0.5, 0.6) is 0 Å². The van der Waals surface area contributed by atoms with Crippen molar-refractivity contribution in [2.24, 2.45) is 5.73 Å². The van der Waals surface area contributed by atoms with Crippen LogP contribution in [0.15, 0.2) is 42.5 Å². The molecule has 0 bridgehead atoms. The van der Waals surface area contributed by atoms with E-state index in [0.29, 0.717) is 6.54 Å². The summed E-state index contributed by atoms with van der Waals surface area (Å²) in [5, 5.41) is 2.21. The van der Waals surface area contributed by atoms with Crippen molar-refractivity contribution in [3.8, 4) is 0 Å². The molecule has 0 saturated carbocycles. The maximum absolute atomic E-state index is 12.3. The first-order valence-corrected chi connectivity index (χ1v) is 7.93. The van der Waals surface area contributed by atoms with Gasteiger partial charge in [-0.2, -0.15) is 0 Å². The van der Waals surface area contributed by atoms with Crippen LogP contribution in [0.4, 0.5) is 5.69 Å². The molecule has 1 fully saturated rings. The lowest BCUT2D eigenvalue weighted by atomic mass is 10.1. The molecule has 1 unspecified atom stereocenters. The first-order chi connectivity index (χ1) is 11.2. The number of anilines is 1. The van der Waals surface area contributed by atoms with Crippen LogP contribution in [-0.4, -0.2) is 42.9 Å². The van der Waals surface area contributed by atoms with E-state index in [1.807, 2.05) is 42.5 Å². The molecular weight excluding hydrogens is 290 g/mol. The van der Waals surface area contributed by atoms with E-state index in [9.17, 15) is 9.59 Å². The van der Waals surface area contributed by atoms with E-state index < -0.39 is 0 Å². The molecule has 3 rings (SSSR count). The van der Waals surface area contributed by atoms with E-state index in [1.165, 1.54) is 0 Å². The minimum atomic E-state index is -0.127. The lowest BCUT2D eigenvalue weighted by Crippen LogP contribution is -2.45. The summed E-state index contributed by atoms with van der Waals surface area (Å²) in [6.07, 6.45) is 2.77. The van der Waals surface area contributed by atoms with Crippen molar-refractivity contribution >= 4 is 28.8 Å². The van der Waals surface area contributed by atoms with Gasteiger partial charge in [-0.15, -0.1) is 0 Å². The predicted molar refractivity (Wildman–Crippen MR) is 91.1 cm³/mol. The van der Waals surface area contributed by atoms with Gasteiger partial charge < -0.3 is 15.5 Å². The van der Waals surface area contributed by atoms with Gasteiger partial charge in [-0.05, 0) is 35.7 Å². The molecule has 0 spiro atoms. The maximum Gasteiger partial charge on any atom is 0.240 e. The number of benzene rings is 2. The summed E-state index contributed by atoms with van der Waals surface area (Å²) in [6, 6.07) is 14.1. The number of hydrogen-bond donors (Lipinski definition) is 1. The third-order valence-electron chi connectivity index (χ3n) is 4.47. The molecule has 2 aromatic rings. The normalized spacial score (nSPS) is 17.4. The highest BCUT2D eigenvalue weighted by Crippen LogP contribution is 2.24. The molecule has 1 saturated heterocycles. The van der Waals surface area contributed by atoms with E-state index in [0.717, 1.165) is 42.3 Å². The molecule has 2 N–H and O–H groups in total. The molecule has 2 aromatic carbocycles. The monoisotopic (exact) mass is 311 g/mol. The fourth-order valence-electron chi connectivity index (χ4n) is 3.21. The Morgan fingerprint density at radius 2 is 2.04 bits per heavy atom. The standard InChI is InChI=1S/C18H21N3O2/c19-11-18(23)21(12-17-6-3-9-20(17)13-22)16-8-7-14-4-1-2-5-15(14)10-16/h1-2,4-5,7-8,10,13,17H,3,6,9,11-12,19H2. The number of carbonyl (C=O) groups is 2. The average molecular weight is 311 g/mol. The SMILES string of the molecule is NCC(=O)N(CC1CCCN1C=O)c1ccc2ccccc2c1. The van der Waals surface area contributed by atoms with Crippen LogP contribution in [0.1, 0.15) is 12.8 Å². The number of likely N-dealkylation sites (tertiary alicyclic amines) is 1. The zero-order chi connectivity index (χ0) is 16.2. The van der Waals surface area contributed by atoms with Gasteiger partial charge in [0.25, 0.3) is 0 Å². The second kappa shape index (κ2) is 6.79. The molecule has 2 amide bonds. The molecule has 0 radical (unpaired) electrons. The van der Waals surface area contributed by atoms with Gasteiger partial charge in [0.05, 0.1) is 6.54 Å². The van der Waals surface area contributed by atoms with Crippen molar-refractivity contribution in [1.82, 2.24) is 4.90 Å². The van der Waals surface area contributed by atoms with Gasteiger partial charge in [0.1, 0.15) is 0 Å². The number of hydrogen-bond acceptors (Lipinski definition) is 3. The molecule has 5 nitrogen and oxygen atoms in total. The van der Waals surface area contributed by atoms with Crippen molar-refractivity contribution in [3.63, 3.8) is 0 Å². The van der Waals surface area contributed by atoms with E-state index in [2.05, 4.69) is 0 Å². The minimum Gasteiger partial charge on any atom is -0.340 e. The molecule has 1 aliphatic heterocycles. The van der Waals surface area contributed by atoms with Gasteiger partial charge in [0.15, 0.2) is 0 Å². The van der Waals surface area contributed by atoms with Crippen LogP contribution in [0.3, 0.4) is 0 Å². The fraction of sp³-hybridized carbons (Fsp3) is 0.333. The van der Waals surface area contributed by atoms with Gasteiger partial charge >= 0.3 is 0 Å². The van der Waals surface area contributed by atoms with Crippen LogP contribution < -0.4 is 10.6 Å². The number of carbonyl (C=O) groups excluding carboxylic acids is 2. The first-order valence-electron chi connectivity index (χ1n) is 7.93. The summed E-state index contributed by atoms with van der Waals surface area (Å²) in [7, 11) is 0. The predicted octanol–water partition coefficient (Wildman–Crippen LogP) is 1.75. The first kappa shape index (κ1) is 15.5. The van der Waals surface area contributed by atoms with E-state index in [4.69, 9.17) is 5.73 Å². The highest BCUT2D eigenvalue weighted by atomic mass is 16.2. The second-order valence-electron chi connectivity index (χ2n) is 5.88. The summed E-state index contributed by atoms with van der Waals surface area (Å²) in [5.41, 5.74) is 6.42. The van der Waals surface area contributed by atoms with Gasteiger partial charge in [0, 0.05) is 24.8 Å². The van der Waals surface area contributed by atoms with Crippen LogP contribution in [0.25, 0.3) is 10.8 Å². The average Bonchev–Trinajstić information content (AvgIpc) is 3.06. The van der Waals surface area contributed by atoms with Crippen molar-refractivity contribution in [2.75, 3.05) is 24.5 Å². The Hall–Kier alpha value is -2.40. The van der Waals surface area contributed by atoms with E-state index in [1.54, 1.807) is 9.80 Å². The van der Waals surface area contributed by atoms with Crippen molar-refractivity contribution in [3.05, 3.63) is 42.5 Å². The van der Waals surface area contributed by atoms with Gasteiger partial charge in [-0.1, -0.05) is 30.3 Å². The van der Waals surface area contributed by atoms with E-state index >= 15 is 0 Å². The maximum atomic E-state index is 12.3. The largest absolute Gasteiger partial charge is 0.340 e. The van der Waals surface area contributed by atoms with Gasteiger partial charge in [0.2, 0.25) is 12.3 Å². The van der Waals surface area contributed by atoms with Gasteiger partial charge in [-0.25, -0.2) is 0 Å². The summed E-state index contributed by atoms with van der Waals surface area (Å²) >= 11 is 0. The zero-order valence-electron chi connectivity index (χ0n) is 13.0. The highest BCUT2D eigenvalue weighted by Gasteiger charge is 2.27. The smallest absolute Gasteiger partial charge is 0.240 e. The number of fused-ring (bicyclic) bond motifs is 1. The fourth-order valence-corrected chi connectivity index (χ4v) is 3.21. The van der Waals surface area contributed by atoms with Crippen molar-refractivity contribution < 1.29 is 9.59 Å². The summed E-state index contributed by atoms with van der Waals surface area (Å²) < 4.78 is 0. The third-order valence-corrected chi connectivity index (χ3v) is 4.47. The quantitative estimate of drug-likeness (QED) is 0.856. The van der Waals surface area contributed by atoms with Crippen LogP contribution >= 0.6 is 0 Å². The molecule has 23 heavy (non-hydrogen) atoms. The van der Waals surface area contributed by atoms with Crippen molar-refractivity contribution in [1.29, 1.82) is 0 Å². The second-order valence-corrected chi connectivity index (χ2v) is 5.88. The molecule has 5 heteroatoms. The highest BCUT2D eigenvalue weighted by molar-refractivity contribution is 5.97. The number of nitrogens with zero attached hydrogens (tertiary/aromatic N) is 2. The Labute approximate surface area is 135 Å². The van der Waals surface area contributed by atoms with E-state index in [-0.39, 0.29) is 18.5 Å². The third kappa shape index (κ3) is 3.19. The molecule has 1 aliphatic rings. The molecule has 0 aromatic heterocycles. The number of rotatable bonds is 5.